The number of hydrogen-bond acceptors (Lipinski definition) is 2. The first-order chi connectivity index (χ1) is 23.7. The van der Waals surface area contributed by atoms with Crippen molar-refractivity contribution in [1.29, 1.82) is 0 Å². The van der Waals surface area contributed by atoms with Crippen LogP contribution >= 0.6 is 0 Å². The Balaban J connectivity index is 1.48. The second-order valence-corrected chi connectivity index (χ2v) is 13.2. The van der Waals surface area contributed by atoms with Crippen LogP contribution in [0.4, 0.5) is 0 Å². The van der Waals surface area contributed by atoms with E-state index in [2.05, 4.69) is 86.4 Å². The molecule has 2 nitrogen and oxygen atoms in total. The summed E-state index contributed by atoms with van der Waals surface area (Å²) in [4.78, 5) is 0. The van der Waals surface area contributed by atoms with Crippen molar-refractivity contribution in [3.8, 4) is 36.2 Å². The molecule has 6 aromatic rings. The van der Waals surface area contributed by atoms with Crippen LogP contribution < -0.4 is 9.47 Å². The Labute approximate surface area is 286 Å². The van der Waals surface area contributed by atoms with Gasteiger partial charge < -0.3 is 9.47 Å². The van der Waals surface area contributed by atoms with E-state index < -0.39 is 0 Å². The molecule has 0 aliphatic carbocycles. The Kier molecular flexibility index (Phi) is 11.1. The van der Waals surface area contributed by atoms with Gasteiger partial charge in [-0.05, 0) is 80.2 Å². The van der Waals surface area contributed by atoms with Crippen molar-refractivity contribution < 1.29 is 9.47 Å². The molecule has 0 atom stereocenters. The van der Waals surface area contributed by atoms with Crippen molar-refractivity contribution in [2.24, 2.45) is 0 Å². The Morgan fingerprint density at radius 3 is 1.23 bits per heavy atom. The van der Waals surface area contributed by atoms with Gasteiger partial charge in [-0.1, -0.05) is 138 Å². The van der Waals surface area contributed by atoms with Crippen LogP contribution in [0.25, 0.3) is 53.9 Å². The lowest BCUT2D eigenvalue weighted by atomic mass is 9.89. The lowest BCUT2D eigenvalue weighted by molar-refractivity contribution is 0.307. The minimum atomic E-state index is 0.687. The van der Waals surface area contributed by atoms with Crippen LogP contribution in [0.5, 0.6) is 11.5 Å². The third-order valence-corrected chi connectivity index (χ3v) is 9.78. The molecule has 0 bridgehead atoms. The fourth-order valence-corrected chi connectivity index (χ4v) is 7.20. The minimum absolute atomic E-state index is 0.687. The molecule has 6 rings (SSSR count). The number of fused-ring (bicyclic) bond motifs is 9. The molecule has 0 saturated heterocycles. The first-order valence-electron chi connectivity index (χ1n) is 18.2. The maximum atomic E-state index is 6.47. The highest BCUT2D eigenvalue weighted by Gasteiger charge is 2.16. The fraction of sp³-hybridized carbons (Fsp3) is 0.348. The molecule has 0 aliphatic rings. The number of hydrogen-bond donors (Lipinski definition) is 0. The molecule has 0 fully saturated rings. The van der Waals surface area contributed by atoms with Gasteiger partial charge in [0.1, 0.15) is 11.5 Å². The molecular formula is C46H48O2. The van der Waals surface area contributed by atoms with Crippen molar-refractivity contribution in [3.63, 3.8) is 0 Å². The molecule has 6 aromatic carbocycles. The number of ether oxygens (including phenoxy) is 2. The molecule has 48 heavy (non-hydrogen) atoms. The molecule has 2 heteroatoms. The fourth-order valence-electron chi connectivity index (χ4n) is 7.20. The lowest BCUT2D eigenvalue weighted by Gasteiger charge is -2.17. The van der Waals surface area contributed by atoms with Gasteiger partial charge in [-0.2, -0.15) is 0 Å². The Morgan fingerprint density at radius 1 is 0.438 bits per heavy atom. The second kappa shape index (κ2) is 16.0. The van der Waals surface area contributed by atoms with E-state index in [0.29, 0.717) is 13.2 Å². The summed E-state index contributed by atoms with van der Waals surface area (Å²) in [6, 6.07) is 26.1. The van der Waals surface area contributed by atoms with E-state index >= 15 is 0 Å². The maximum absolute atomic E-state index is 6.47. The monoisotopic (exact) mass is 632 g/mol. The minimum Gasteiger partial charge on any atom is -0.493 e. The molecule has 244 valence electrons. The normalized spacial score (nSPS) is 11.4. The van der Waals surface area contributed by atoms with Gasteiger partial charge in [0.15, 0.2) is 0 Å². The highest BCUT2D eigenvalue weighted by Crippen LogP contribution is 2.43. The highest BCUT2D eigenvalue weighted by atomic mass is 16.5. The van der Waals surface area contributed by atoms with Gasteiger partial charge in [0, 0.05) is 21.9 Å². The summed E-state index contributed by atoms with van der Waals surface area (Å²) in [6.07, 6.45) is 26.8. The molecule has 0 unspecified atom stereocenters. The molecule has 0 saturated carbocycles. The average Bonchev–Trinajstić information content (AvgIpc) is 3.12. The Morgan fingerprint density at radius 2 is 0.812 bits per heavy atom. The summed E-state index contributed by atoms with van der Waals surface area (Å²) in [5.41, 5.74) is 1.66. The van der Waals surface area contributed by atoms with Crippen LogP contribution in [-0.4, -0.2) is 13.2 Å². The number of rotatable bonds is 16. The largest absolute Gasteiger partial charge is 0.493 e. The zero-order valence-corrected chi connectivity index (χ0v) is 28.8. The van der Waals surface area contributed by atoms with Crippen molar-refractivity contribution in [2.75, 3.05) is 13.2 Å². The van der Waals surface area contributed by atoms with E-state index in [1.54, 1.807) is 0 Å². The topological polar surface area (TPSA) is 18.5 Å². The van der Waals surface area contributed by atoms with Gasteiger partial charge in [0.2, 0.25) is 0 Å². The Hall–Kier alpha value is -4.66. The van der Waals surface area contributed by atoms with Crippen LogP contribution in [0.1, 0.15) is 102 Å². The van der Waals surface area contributed by atoms with E-state index in [4.69, 9.17) is 22.3 Å². The number of unbranched alkanes of at least 4 members (excludes halogenated alkanes) is 10. The Bertz CT molecular complexity index is 1990. The van der Waals surface area contributed by atoms with Crippen LogP contribution in [0, 0.1) is 24.7 Å². The van der Waals surface area contributed by atoms with Gasteiger partial charge in [-0.3, -0.25) is 0 Å². The number of benzene rings is 6. The second-order valence-electron chi connectivity index (χ2n) is 13.2. The van der Waals surface area contributed by atoms with Gasteiger partial charge >= 0.3 is 0 Å². The van der Waals surface area contributed by atoms with E-state index in [1.807, 2.05) is 12.1 Å². The van der Waals surface area contributed by atoms with Crippen molar-refractivity contribution in [1.82, 2.24) is 0 Å². The summed E-state index contributed by atoms with van der Waals surface area (Å²) in [5.74, 6) is 7.53. The molecule has 0 aliphatic heterocycles. The van der Waals surface area contributed by atoms with E-state index in [1.165, 1.54) is 96.5 Å². The summed E-state index contributed by atoms with van der Waals surface area (Å²) in [7, 11) is 0. The van der Waals surface area contributed by atoms with Crippen LogP contribution in [0.2, 0.25) is 0 Å². The first kappa shape index (κ1) is 33.2. The lowest BCUT2D eigenvalue weighted by Crippen LogP contribution is -1.99. The van der Waals surface area contributed by atoms with Gasteiger partial charge in [-0.25, -0.2) is 0 Å². The predicted molar refractivity (Wildman–Crippen MR) is 208 cm³/mol. The van der Waals surface area contributed by atoms with Crippen LogP contribution in [0.15, 0.2) is 72.8 Å². The highest BCUT2D eigenvalue weighted by molar-refractivity contribution is 6.32. The predicted octanol–water partition coefficient (Wildman–Crippen LogP) is 12.9. The molecule has 0 radical (unpaired) electrons. The van der Waals surface area contributed by atoms with Gasteiger partial charge in [0.05, 0.1) is 13.2 Å². The van der Waals surface area contributed by atoms with Gasteiger partial charge in [0.25, 0.3) is 0 Å². The SMILES string of the molecule is C#Cc1cc(OCCCCCCCC)c2ccc3ccc4ccc5ccc6c(OCCCCCCCC)cc(C#C)cc6c5c4c3c2c1. The van der Waals surface area contributed by atoms with Gasteiger partial charge in [-0.15, -0.1) is 12.8 Å². The zero-order chi connectivity index (χ0) is 33.3. The van der Waals surface area contributed by atoms with Crippen LogP contribution in [-0.2, 0) is 0 Å². The van der Waals surface area contributed by atoms with Crippen molar-refractivity contribution in [3.05, 3.63) is 83.9 Å². The van der Waals surface area contributed by atoms with Crippen molar-refractivity contribution >= 4 is 53.9 Å². The molecule has 0 heterocycles. The zero-order valence-electron chi connectivity index (χ0n) is 28.8. The molecule has 0 aromatic heterocycles. The third-order valence-electron chi connectivity index (χ3n) is 9.78. The number of terminal acetylenes is 2. The molecule has 0 N–H and O–H groups in total. The van der Waals surface area contributed by atoms with Crippen molar-refractivity contribution in [2.45, 2.75) is 90.9 Å². The maximum Gasteiger partial charge on any atom is 0.128 e. The first-order valence-corrected chi connectivity index (χ1v) is 18.2. The third kappa shape index (κ3) is 7.10. The smallest absolute Gasteiger partial charge is 0.128 e. The summed E-state index contributed by atoms with van der Waals surface area (Å²) in [6.45, 7) is 5.88. The van der Waals surface area contributed by atoms with E-state index in [-0.39, 0.29) is 0 Å². The van der Waals surface area contributed by atoms with E-state index in [9.17, 15) is 0 Å². The standard InChI is InChI=1S/C46H48O2/c1-5-9-11-13-15-17-27-47-42-31-33(7-3)29-40-38(42)25-23-35-19-21-37-22-20-36-24-26-39-41(45(36)46(37)44(35)40)30-34(8-4)32-43(39)48-28-18-16-14-12-10-6-2/h3-4,19-26,29-32H,5-6,9-18,27-28H2,1-2H3. The summed E-state index contributed by atoms with van der Waals surface area (Å²) in [5, 5.41) is 11.5. The summed E-state index contributed by atoms with van der Waals surface area (Å²) >= 11 is 0. The molecule has 0 amide bonds. The van der Waals surface area contributed by atoms with Crippen LogP contribution in [0.3, 0.4) is 0 Å². The van der Waals surface area contributed by atoms with E-state index in [0.717, 1.165) is 57.0 Å². The molecular weight excluding hydrogens is 585 g/mol. The molecule has 0 spiro atoms. The summed E-state index contributed by atoms with van der Waals surface area (Å²) < 4.78 is 12.9. The quantitative estimate of drug-likeness (QED) is 0.0600. The average molecular weight is 633 g/mol.